The second kappa shape index (κ2) is 6.17. The van der Waals surface area contributed by atoms with Gasteiger partial charge in [-0.3, -0.25) is 14.4 Å². The van der Waals surface area contributed by atoms with Crippen LogP contribution in [-0.4, -0.2) is 33.2 Å². The van der Waals surface area contributed by atoms with Crippen LogP contribution < -0.4 is 0 Å². The Morgan fingerprint density at radius 1 is 0.818 bits per heavy atom. The number of carboxylic acid groups (broad SMARTS) is 3. The van der Waals surface area contributed by atoms with Crippen LogP contribution in [0.4, 0.5) is 0 Å². The van der Waals surface area contributed by atoms with E-state index in [2.05, 4.69) is 0 Å². The molecule has 0 aromatic heterocycles. The minimum atomic E-state index is -1.98. The van der Waals surface area contributed by atoms with Crippen molar-refractivity contribution in [3.63, 3.8) is 0 Å². The molecule has 0 aliphatic carbocycles. The number of hydrogen-bond acceptors (Lipinski definition) is 3. The molecule has 0 saturated heterocycles. The molecule has 0 fully saturated rings. The molecule has 0 aliphatic rings. The number of carboxylic acids is 3. The van der Waals surface area contributed by atoms with Gasteiger partial charge in [0.05, 0.1) is 12.8 Å². The van der Waals surface area contributed by atoms with Crippen molar-refractivity contribution in [3.05, 3.63) is 35.4 Å². The lowest BCUT2D eigenvalue weighted by Crippen LogP contribution is -2.40. The molecule has 0 aliphatic heterocycles. The van der Waals surface area contributed by atoms with Crippen LogP contribution in [0, 0.1) is 0 Å². The van der Waals surface area contributed by atoms with Crippen LogP contribution in [0.5, 0.6) is 0 Å². The summed E-state index contributed by atoms with van der Waals surface area (Å²) in [6, 6.07) is 6.41. The molecule has 0 unspecified atom stereocenters. The molecule has 6 nitrogen and oxygen atoms in total. The maximum atomic E-state index is 11.6. The van der Waals surface area contributed by atoms with E-state index in [1.807, 2.05) is 20.8 Å². The van der Waals surface area contributed by atoms with Gasteiger partial charge < -0.3 is 15.3 Å². The van der Waals surface area contributed by atoms with Crippen LogP contribution in [-0.2, 0) is 25.2 Å². The third-order valence-electron chi connectivity index (χ3n) is 3.62. The quantitative estimate of drug-likeness (QED) is 0.743. The number of carbonyl (C=O) groups is 3. The van der Waals surface area contributed by atoms with Gasteiger partial charge in [-0.2, -0.15) is 0 Å². The van der Waals surface area contributed by atoms with Crippen molar-refractivity contribution in [3.8, 4) is 0 Å². The first kappa shape index (κ1) is 17.7. The first-order valence-electron chi connectivity index (χ1n) is 6.77. The van der Waals surface area contributed by atoms with Crippen LogP contribution in [0.2, 0.25) is 0 Å². The number of aliphatic carboxylic acids is 3. The fraction of sp³-hybridized carbons (Fsp3) is 0.438. The molecule has 0 bridgehead atoms. The molecular weight excluding hydrogens is 288 g/mol. The highest BCUT2D eigenvalue weighted by atomic mass is 16.4. The Balaban J connectivity index is 3.40. The Morgan fingerprint density at radius 3 is 1.45 bits per heavy atom. The fourth-order valence-corrected chi connectivity index (χ4v) is 2.35. The predicted molar refractivity (Wildman–Crippen MR) is 79.0 cm³/mol. The van der Waals surface area contributed by atoms with Gasteiger partial charge in [-0.15, -0.1) is 0 Å². The monoisotopic (exact) mass is 308 g/mol. The Kier molecular flexibility index (Phi) is 4.96. The van der Waals surface area contributed by atoms with Gasteiger partial charge in [-0.1, -0.05) is 45.0 Å². The van der Waals surface area contributed by atoms with Crippen molar-refractivity contribution in [1.29, 1.82) is 0 Å². The van der Waals surface area contributed by atoms with Gasteiger partial charge in [0.1, 0.15) is 5.41 Å². The van der Waals surface area contributed by atoms with Crippen LogP contribution in [0.15, 0.2) is 24.3 Å². The van der Waals surface area contributed by atoms with E-state index in [4.69, 9.17) is 10.2 Å². The summed E-state index contributed by atoms with van der Waals surface area (Å²) in [4.78, 5) is 33.7. The maximum absolute atomic E-state index is 11.6. The summed E-state index contributed by atoms with van der Waals surface area (Å²) >= 11 is 0. The second-order valence-electron chi connectivity index (χ2n) is 6.36. The summed E-state index contributed by atoms with van der Waals surface area (Å²) in [5, 5.41) is 27.5. The summed E-state index contributed by atoms with van der Waals surface area (Å²) < 4.78 is 0. The van der Waals surface area contributed by atoms with Crippen LogP contribution >= 0.6 is 0 Å². The molecule has 0 atom stereocenters. The Labute approximate surface area is 128 Å². The molecule has 0 saturated carbocycles. The van der Waals surface area contributed by atoms with E-state index in [0.717, 1.165) is 5.56 Å². The summed E-state index contributed by atoms with van der Waals surface area (Å²) in [5.41, 5.74) is -1.00. The lowest BCUT2D eigenvalue weighted by atomic mass is 9.74. The zero-order valence-electron chi connectivity index (χ0n) is 12.8. The third-order valence-corrected chi connectivity index (χ3v) is 3.62. The van der Waals surface area contributed by atoms with E-state index in [1.54, 1.807) is 12.1 Å². The molecule has 1 aromatic carbocycles. The molecule has 1 aromatic rings. The molecule has 22 heavy (non-hydrogen) atoms. The SMILES string of the molecule is CC(C)(C)c1ccc(C(CC(=O)O)(CC(=O)O)C(=O)O)cc1. The molecule has 6 heteroatoms. The van der Waals surface area contributed by atoms with E-state index < -0.39 is 36.2 Å². The highest BCUT2D eigenvalue weighted by molar-refractivity contribution is 5.91. The average Bonchev–Trinajstić information content (AvgIpc) is 2.35. The van der Waals surface area contributed by atoms with Crippen molar-refractivity contribution in [1.82, 2.24) is 0 Å². The largest absolute Gasteiger partial charge is 0.481 e. The fourth-order valence-electron chi connectivity index (χ4n) is 2.35. The molecule has 0 heterocycles. The zero-order valence-corrected chi connectivity index (χ0v) is 12.8. The van der Waals surface area contributed by atoms with Crippen molar-refractivity contribution in [2.24, 2.45) is 0 Å². The van der Waals surface area contributed by atoms with Crippen LogP contribution in [0.1, 0.15) is 44.7 Å². The molecule has 1 rings (SSSR count). The van der Waals surface area contributed by atoms with Gasteiger partial charge >= 0.3 is 17.9 Å². The van der Waals surface area contributed by atoms with Crippen molar-refractivity contribution in [2.75, 3.05) is 0 Å². The van der Waals surface area contributed by atoms with E-state index in [1.165, 1.54) is 12.1 Å². The highest BCUT2D eigenvalue weighted by Crippen LogP contribution is 2.34. The van der Waals surface area contributed by atoms with Crippen molar-refractivity contribution < 1.29 is 29.7 Å². The summed E-state index contributed by atoms with van der Waals surface area (Å²) in [5.74, 6) is -4.17. The van der Waals surface area contributed by atoms with Gasteiger partial charge in [0.15, 0.2) is 0 Å². The van der Waals surface area contributed by atoms with E-state index >= 15 is 0 Å². The minimum Gasteiger partial charge on any atom is -0.481 e. The number of benzene rings is 1. The summed E-state index contributed by atoms with van der Waals surface area (Å²) in [7, 11) is 0. The number of rotatable bonds is 6. The lowest BCUT2D eigenvalue weighted by molar-refractivity contribution is -0.154. The first-order valence-corrected chi connectivity index (χ1v) is 6.77. The van der Waals surface area contributed by atoms with Gasteiger partial charge in [-0.05, 0) is 16.5 Å². The van der Waals surface area contributed by atoms with Crippen molar-refractivity contribution >= 4 is 17.9 Å². The highest BCUT2D eigenvalue weighted by Gasteiger charge is 2.44. The maximum Gasteiger partial charge on any atom is 0.315 e. The topological polar surface area (TPSA) is 112 Å². The molecule has 3 N–H and O–H groups in total. The second-order valence-corrected chi connectivity index (χ2v) is 6.36. The standard InChI is InChI=1S/C16H20O6/c1-15(2,3)10-4-6-11(7-5-10)16(14(21)22,8-12(17)18)9-13(19)20/h4-7H,8-9H2,1-3H3,(H,17,18)(H,19,20)(H,21,22). The third kappa shape index (κ3) is 3.84. The number of hydrogen-bond donors (Lipinski definition) is 3. The molecule has 0 radical (unpaired) electrons. The smallest absolute Gasteiger partial charge is 0.315 e. The lowest BCUT2D eigenvalue weighted by Gasteiger charge is -2.28. The molecule has 120 valence electrons. The van der Waals surface area contributed by atoms with Gasteiger partial charge in [0.25, 0.3) is 0 Å². The summed E-state index contributed by atoms with van der Waals surface area (Å²) in [6.07, 6.45) is -1.58. The Bertz CT molecular complexity index is 564. The van der Waals surface area contributed by atoms with E-state index in [-0.39, 0.29) is 11.0 Å². The zero-order chi connectivity index (χ0) is 17.1. The Morgan fingerprint density at radius 2 is 1.18 bits per heavy atom. The first-order chi connectivity index (χ1) is 9.99. The average molecular weight is 308 g/mol. The Hall–Kier alpha value is -2.37. The molecular formula is C16H20O6. The molecule has 0 amide bonds. The van der Waals surface area contributed by atoms with E-state index in [9.17, 15) is 19.5 Å². The molecule has 0 spiro atoms. The van der Waals surface area contributed by atoms with Crippen molar-refractivity contribution in [2.45, 2.75) is 44.4 Å². The van der Waals surface area contributed by atoms with E-state index in [0.29, 0.717) is 0 Å². The minimum absolute atomic E-state index is 0.149. The summed E-state index contributed by atoms with van der Waals surface area (Å²) in [6.45, 7) is 5.96. The normalized spacial score (nSPS) is 12.0. The predicted octanol–water partition coefficient (Wildman–Crippen LogP) is 2.26. The van der Waals surface area contributed by atoms with Gasteiger partial charge in [0, 0.05) is 0 Å². The van der Waals surface area contributed by atoms with Gasteiger partial charge in [0.2, 0.25) is 0 Å². The van der Waals surface area contributed by atoms with Gasteiger partial charge in [-0.25, -0.2) is 0 Å². The van der Waals surface area contributed by atoms with Crippen LogP contribution in [0.25, 0.3) is 0 Å². The van der Waals surface area contributed by atoms with Crippen LogP contribution in [0.3, 0.4) is 0 Å².